The molecule has 0 aliphatic rings. The first-order chi connectivity index (χ1) is 19.0. The highest BCUT2D eigenvalue weighted by molar-refractivity contribution is 8.33. The van der Waals surface area contributed by atoms with E-state index in [0.29, 0.717) is 0 Å². The first-order valence-electron chi connectivity index (χ1n) is 11.4. The summed E-state index contributed by atoms with van der Waals surface area (Å²) in [6.45, 7) is -0.157. The molecule has 0 atom stereocenters. The molecule has 0 unspecified atom stereocenters. The van der Waals surface area contributed by atoms with E-state index in [9.17, 15) is 47.9 Å². The molecule has 0 radical (unpaired) electrons. The lowest BCUT2D eigenvalue weighted by Crippen LogP contribution is -2.63. The fourth-order valence-corrected chi connectivity index (χ4v) is 8.65. The number of aliphatic hydroxyl groups excluding tert-OH is 1. The Kier molecular flexibility index (Phi) is 9.32. The molecule has 41 heavy (non-hydrogen) atoms. The maximum Gasteiger partial charge on any atom is 0.460 e. The Labute approximate surface area is 230 Å². The minimum absolute atomic E-state index is 0.0464. The maximum absolute atomic E-state index is 14.8. The van der Waals surface area contributed by atoms with Crippen molar-refractivity contribution in [2.24, 2.45) is 0 Å². The molecular weight excluding hydrogens is 615 g/mol. The minimum atomic E-state index is -7.47. The van der Waals surface area contributed by atoms with E-state index >= 15 is 0 Å². The van der Waals surface area contributed by atoms with E-state index in [0.717, 1.165) is 12.1 Å². The summed E-state index contributed by atoms with van der Waals surface area (Å²) < 4.78 is 159. The van der Waals surface area contributed by atoms with Gasteiger partial charge in [0.25, 0.3) is 0 Å². The molecule has 16 heteroatoms. The predicted molar refractivity (Wildman–Crippen MR) is 130 cm³/mol. The molecule has 0 aliphatic carbocycles. The van der Waals surface area contributed by atoms with Crippen molar-refractivity contribution in [3.05, 3.63) is 84.9 Å². The zero-order valence-electron chi connectivity index (χ0n) is 20.5. The molecule has 0 bridgehead atoms. The molecule has 0 saturated heterocycles. The molecule has 3 rings (SSSR count). The second-order valence-corrected chi connectivity index (χ2v) is 12.8. The van der Waals surface area contributed by atoms with Gasteiger partial charge in [-0.15, -0.1) is 0 Å². The summed E-state index contributed by atoms with van der Waals surface area (Å²) in [6, 6.07) is 17.6. The zero-order valence-corrected chi connectivity index (χ0v) is 22.1. The van der Waals surface area contributed by atoms with Crippen molar-refractivity contribution in [3.63, 3.8) is 0 Å². The normalized spacial score (nSPS) is 14.1. The van der Waals surface area contributed by atoms with Gasteiger partial charge in [0.15, 0.2) is 0 Å². The molecular formula is C25H21F9O5S2. The van der Waals surface area contributed by atoms with Crippen LogP contribution in [-0.4, -0.2) is 50.0 Å². The highest BCUT2D eigenvalue weighted by Gasteiger charge is 2.86. The number of benzene rings is 3. The topological polar surface area (TPSA) is 72.8 Å². The van der Waals surface area contributed by atoms with Crippen molar-refractivity contribution in [2.75, 3.05) is 13.2 Å². The van der Waals surface area contributed by atoms with Crippen LogP contribution >= 0.6 is 10.3 Å². The molecule has 0 saturated carbocycles. The number of hydrogen-bond donors (Lipinski definition) is 1. The monoisotopic (exact) mass is 636 g/mol. The van der Waals surface area contributed by atoms with E-state index in [1.807, 2.05) is 0 Å². The van der Waals surface area contributed by atoms with Crippen LogP contribution in [0.1, 0.15) is 6.42 Å². The number of ether oxygens (including phenoxy) is 1. The molecule has 226 valence electrons. The van der Waals surface area contributed by atoms with E-state index in [2.05, 4.69) is 0 Å². The molecule has 0 amide bonds. The van der Waals surface area contributed by atoms with Crippen LogP contribution in [0.15, 0.2) is 99.6 Å². The van der Waals surface area contributed by atoms with Crippen molar-refractivity contribution in [1.29, 1.82) is 0 Å². The van der Waals surface area contributed by atoms with Gasteiger partial charge in [-0.1, -0.05) is 36.4 Å². The van der Waals surface area contributed by atoms with Crippen LogP contribution in [-0.2, 0) is 13.7 Å². The second-order valence-electron chi connectivity index (χ2n) is 8.26. The zero-order chi connectivity index (χ0) is 30.7. The van der Waals surface area contributed by atoms with Crippen LogP contribution in [0, 0.1) is 0 Å². The summed E-state index contributed by atoms with van der Waals surface area (Å²) >= 11 is 0. The molecule has 0 aliphatic heterocycles. The molecule has 3 aromatic rings. The SMILES string of the molecule is O=S(=O)(OS(c1ccccc1)(c1ccccc1)c1ccc(OCCCO)cc1)C(F)(F)C(F)(F)C(F)(F)C(F)(F)F. The van der Waals surface area contributed by atoms with Gasteiger partial charge < -0.3 is 9.84 Å². The maximum atomic E-state index is 14.8. The average Bonchev–Trinajstić information content (AvgIpc) is 2.92. The van der Waals surface area contributed by atoms with Gasteiger partial charge in [0.1, 0.15) is 5.75 Å². The third kappa shape index (κ3) is 5.87. The van der Waals surface area contributed by atoms with Crippen LogP contribution in [0.4, 0.5) is 39.5 Å². The Hall–Kier alpha value is -2.95. The van der Waals surface area contributed by atoms with Crippen molar-refractivity contribution in [2.45, 2.75) is 44.4 Å². The van der Waals surface area contributed by atoms with Gasteiger partial charge in [-0.3, -0.25) is 0 Å². The Morgan fingerprint density at radius 1 is 0.634 bits per heavy atom. The summed E-state index contributed by atoms with van der Waals surface area (Å²) in [5.41, 5.74) is 0. The predicted octanol–water partition coefficient (Wildman–Crippen LogP) is 7.42. The molecule has 0 fully saturated rings. The summed E-state index contributed by atoms with van der Waals surface area (Å²) in [7, 11) is -11.4. The van der Waals surface area contributed by atoms with Gasteiger partial charge in [-0.05, 0) is 58.8 Å². The lowest BCUT2D eigenvalue weighted by molar-refractivity contribution is -0.382. The van der Waals surface area contributed by atoms with Crippen LogP contribution in [0.3, 0.4) is 0 Å². The smallest absolute Gasteiger partial charge is 0.460 e. The average molecular weight is 637 g/mol. The van der Waals surface area contributed by atoms with Gasteiger partial charge in [-0.25, -0.2) is 3.63 Å². The van der Waals surface area contributed by atoms with Crippen molar-refractivity contribution in [1.82, 2.24) is 0 Å². The molecule has 0 heterocycles. The van der Waals surface area contributed by atoms with Crippen LogP contribution < -0.4 is 4.74 Å². The van der Waals surface area contributed by atoms with E-state index in [1.54, 1.807) is 0 Å². The second kappa shape index (κ2) is 11.7. The first kappa shape index (κ1) is 32.6. The molecule has 0 aromatic heterocycles. The summed E-state index contributed by atoms with van der Waals surface area (Å²) in [5.74, 6) is -14.8. The third-order valence-corrected chi connectivity index (χ3v) is 10.7. The Balaban J connectivity index is 2.28. The largest absolute Gasteiger partial charge is 0.494 e. The highest BCUT2D eigenvalue weighted by atomic mass is 32.3. The van der Waals surface area contributed by atoms with Gasteiger partial charge in [-0.2, -0.15) is 47.9 Å². The quantitative estimate of drug-likeness (QED) is 0.166. The third-order valence-electron chi connectivity index (χ3n) is 5.50. The van der Waals surface area contributed by atoms with Gasteiger partial charge in [0.2, 0.25) is 0 Å². The van der Waals surface area contributed by atoms with Crippen LogP contribution in [0.25, 0.3) is 0 Å². The Morgan fingerprint density at radius 3 is 1.49 bits per heavy atom. The van der Waals surface area contributed by atoms with Crippen LogP contribution in [0.2, 0.25) is 0 Å². The van der Waals surface area contributed by atoms with Crippen LogP contribution in [0.5, 0.6) is 5.75 Å². The number of aliphatic hydroxyl groups is 1. The van der Waals surface area contributed by atoms with E-state index in [1.165, 1.54) is 72.8 Å². The van der Waals surface area contributed by atoms with Crippen molar-refractivity contribution < 1.29 is 61.4 Å². The van der Waals surface area contributed by atoms with E-state index in [-0.39, 0.29) is 40.1 Å². The van der Waals surface area contributed by atoms with Gasteiger partial charge in [0, 0.05) is 27.7 Å². The molecule has 1 N–H and O–H groups in total. The van der Waals surface area contributed by atoms with Gasteiger partial charge in [0.05, 0.1) is 6.61 Å². The fraction of sp³-hybridized carbons (Fsp3) is 0.280. The van der Waals surface area contributed by atoms with Gasteiger partial charge >= 0.3 is 33.4 Å². The summed E-state index contributed by atoms with van der Waals surface area (Å²) in [4.78, 5) is -0.648. The lowest BCUT2D eigenvalue weighted by atomic mass is 10.1. The number of rotatable bonds is 12. The molecule has 0 spiro atoms. The summed E-state index contributed by atoms with van der Waals surface area (Å²) in [5, 5.41) is 1.84. The minimum Gasteiger partial charge on any atom is -0.494 e. The lowest BCUT2D eigenvalue weighted by Gasteiger charge is -2.41. The molecule has 3 aromatic carbocycles. The van der Waals surface area contributed by atoms with Crippen molar-refractivity contribution in [3.8, 4) is 5.75 Å². The number of alkyl halides is 9. The number of halogens is 9. The van der Waals surface area contributed by atoms with E-state index < -0.39 is 43.7 Å². The summed E-state index contributed by atoms with van der Waals surface area (Å²) in [6.07, 6.45) is -7.00. The van der Waals surface area contributed by atoms with Crippen molar-refractivity contribution >= 4 is 20.4 Å². The highest BCUT2D eigenvalue weighted by Crippen LogP contribution is 2.71. The first-order valence-corrected chi connectivity index (χ1v) is 14.4. The number of hydrogen-bond acceptors (Lipinski definition) is 5. The fourth-order valence-electron chi connectivity index (χ4n) is 3.43. The molecule has 5 nitrogen and oxygen atoms in total. The van der Waals surface area contributed by atoms with E-state index in [4.69, 9.17) is 13.5 Å². The Morgan fingerprint density at radius 2 is 1.07 bits per heavy atom. The standard InChI is InChI=1S/C25H21F9O5S2/c26-22(27,24(30,31)32)23(28,29)25(33,34)41(36,37)39-40(19-8-3-1-4-9-19,20-10-5-2-6-11-20)21-14-12-18(13-15-21)38-17-7-16-35/h1-6,8-15,35H,7,16-17H2. The Bertz CT molecular complexity index is 1360.